The van der Waals surface area contributed by atoms with Gasteiger partial charge in [-0.05, 0) is 36.6 Å². The summed E-state index contributed by atoms with van der Waals surface area (Å²) >= 11 is 10.8. The van der Waals surface area contributed by atoms with Crippen LogP contribution in [0.15, 0.2) is 16.5 Å². The predicted octanol–water partition coefficient (Wildman–Crippen LogP) is 3.04. The van der Waals surface area contributed by atoms with Gasteiger partial charge in [-0.15, -0.1) is 0 Å². The lowest BCUT2D eigenvalue weighted by Crippen LogP contribution is -2.56. The number of rotatable bonds is 3. The molecule has 0 unspecified atom stereocenters. The Bertz CT molecular complexity index is 479. The minimum absolute atomic E-state index is 0.185. The Morgan fingerprint density at radius 2 is 1.95 bits per heavy atom. The Morgan fingerprint density at radius 3 is 2.42 bits per heavy atom. The van der Waals surface area contributed by atoms with Gasteiger partial charge in [0.2, 0.25) is 0 Å². The average Bonchev–Trinajstić information content (AvgIpc) is 2.65. The van der Waals surface area contributed by atoms with Crippen LogP contribution in [0.1, 0.15) is 49.1 Å². The van der Waals surface area contributed by atoms with Gasteiger partial charge in [0.1, 0.15) is 0 Å². The summed E-state index contributed by atoms with van der Waals surface area (Å²) in [5, 5.41) is 3.13. The fourth-order valence-electron chi connectivity index (χ4n) is 2.48. The SMILES string of the molecule is NC(=S)C1(NC(=O)c2ccc(Cl)o2)CCCCCC1. The van der Waals surface area contributed by atoms with Crippen LogP contribution in [0.3, 0.4) is 0 Å². The molecule has 1 aromatic rings. The number of thiocarbonyl (C=S) groups is 1. The molecule has 0 spiro atoms. The Kier molecular flexibility index (Phi) is 4.47. The van der Waals surface area contributed by atoms with Gasteiger partial charge in [0.15, 0.2) is 11.0 Å². The fourth-order valence-corrected chi connectivity index (χ4v) is 2.88. The van der Waals surface area contributed by atoms with E-state index in [9.17, 15) is 4.79 Å². The molecule has 104 valence electrons. The number of amides is 1. The van der Waals surface area contributed by atoms with E-state index in [4.69, 9.17) is 34.0 Å². The van der Waals surface area contributed by atoms with E-state index in [-0.39, 0.29) is 16.9 Å². The van der Waals surface area contributed by atoms with Gasteiger partial charge in [-0.2, -0.15) is 0 Å². The number of carbonyl (C=O) groups is 1. The second-order valence-corrected chi connectivity index (χ2v) is 5.73. The van der Waals surface area contributed by atoms with Gasteiger partial charge in [0.05, 0.1) is 10.5 Å². The molecule has 1 fully saturated rings. The van der Waals surface area contributed by atoms with Crippen LogP contribution in [-0.4, -0.2) is 16.4 Å². The number of nitrogens with two attached hydrogens (primary N) is 1. The summed E-state index contributed by atoms with van der Waals surface area (Å²) in [5.41, 5.74) is 5.27. The quantitative estimate of drug-likeness (QED) is 0.665. The minimum Gasteiger partial charge on any atom is -0.440 e. The van der Waals surface area contributed by atoms with E-state index >= 15 is 0 Å². The molecule has 1 amide bonds. The van der Waals surface area contributed by atoms with Gasteiger partial charge in [-0.1, -0.05) is 37.9 Å². The van der Waals surface area contributed by atoms with Crippen molar-refractivity contribution in [2.75, 3.05) is 0 Å². The van der Waals surface area contributed by atoms with Crippen molar-refractivity contribution < 1.29 is 9.21 Å². The monoisotopic (exact) mass is 300 g/mol. The summed E-state index contributed by atoms with van der Waals surface area (Å²) in [7, 11) is 0. The molecule has 1 aliphatic carbocycles. The number of hydrogen-bond donors (Lipinski definition) is 2. The van der Waals surface area contributed by atoms with Crippen molar-refractivity contribution in [2.45, 2.75) is 44.1 Å². The van der Waals surface area contributed by atoms with Crippen molar-refractivity contribution in [1.82, 2.24) is 5.32 Å². The maximum Gasteiger partial charge on any atom is 0.287 e. The minimum atomic E-state index is -0.595. The molecule has 1 heterocycles. The second-order valence-electron chi connectivity index (χ2n) is 4.92. The van der Waals surface area contributed by atoms with Crippen molar-refractivity contribution in [3.05, 3.63) is 23.1 Å². The van der Waals surface area contributed by atoms with E-state index in [0.29, 0.717) is 4.99 Å². The summed E-state index contributed by atoms with van der Waals surface area (Å²) in [6, 6.07) is 3.08. The highest BCUT2D eigenvalue weighted by atomic mass is 35.5. The van der Waals surface area contributed by atoms with Crippen LogP contribution in [0, 0.1) is 0 Å². The third-order valence-electron chi connectivity index (χ3n) is 3.58. The molecular formula is C13H17ClN2O2S. The molecule has 1 aromatic heterocycles. The second kappa shape index (κ2) is 5.92. The van der Waals surface area contributed by atoms with Crippen molar-refractivity contribution in [3.8, 4) is 0 Å². The van der Waals surface area contributed by atoms with Crippen molar-refractivity contribution >= 4 is 34.7 Å². The number of hydrogen-bond acceptors (Lipinski definition) is 3. The molecule has 0 atom stereocenters. The number of halogens is 1. The maximum absolute atomic E-state index is 12.2. The average molecular weight is 301 g/mol. The zero-order valence-corrected chi connectivity index (χ0v) is 12.1. The first-order chi connectivity index (χ1) is 9.03. The lowest BCUT2D eigenvalue weighted by atomic mass is 9.90. The molecule has 6 heteroatoms. The van der Waals surface area contributed by atoms with Crippen LogP contribution in [0.4, 0.5) is 0 Å². The highest BCUT2D eigenvalue weighted by Gasteiger charge is 2.36. The molecule has 4 nitrogen and oxygen atoms in total. The normalized spacial score (nSPS) is 18.6. The fraction of sp³-hybridized carbons (Fsp3) is 0.538. The van der Waals surface area contributed by atoms with E-state index in [1.54, 1.807) is 6.07 Å². The summed E-state index contributed by atoms with van der Waals surface area (Å²) in [6.07, 6.45) is 5.87. The first-order valence-corrected chi connectivity index (χ1v) is 7.20. The highest BCUT2D eigenvalue weighted by Crippen LogP contribution is 2.28. The summed E-state index contributed by atoms with van der Waals surface area (Å²) < 4.78 is 5.11. The number of carbonyl (C=O) groups excluding carboxylic acids is 1. The molecule has 3 N–H and O–H groups in total. The first kappa shape index (κ1) is 14.3. The Labute approximate surface area is 122 Å². The molecule has 19 heavy (non-hydrogen) atoms. The highest BCUT2D eigenvalue weighted by molar-refractivity contribution is 7.80. The van der Waals surface area contributed by atoms with Gasteiger partial charge in [0, 0.05) is 0 Å². The summed E-state index contributed by atoms with van der Waals surface area (Å²) in [5.74, 6) is -0.133. The van der Waals surface area contributed by atoms with Crippen LogP contribution >= 0.6 is 23.8 Å². The topological polar surface area (TPSA) is 68.3 Å². The molecule has 0 aromatic carbocycles. The van der Waals surface area contributed by atoms with Crippen LogP contribution < -0.4 is 11.1 Å². The Hall–Kier alpha value is -1.07. The van der Waals surface area contributed by atoms with Crippen molar-refractivity contribution in [3.63, 3.8) is 0 Å². The van der Waals surface area contributed by atoms with Gasteiger partial charge >= 0.3 is 0 Å². The van der Waals surface area contributed by atoms with E-state index in [0.717, 1.165) is 38.5 Å². The van der Waals surface area contributed by atoms with E-state index in [1.165, 1.54) is 6.07 Å². The lowest BCUT2D eigenvalue weighted by molar-refractivity contribution is 0.0889. The van der Waals surface area contributed by atoms with Gasteiger partial charge < -0.3 is 15.5 Å². The Balaban J connectivity index is 2.16. The summed E-state index contributed by atoms with van der Waals surface area (Å²) in [6.45, 7) is 0. The zero-order valence-electron chi connectivity index (χ0n) is 10.6. The third kappa shape index (κ3) is 3.28. The van der Waals surface area contributed by atoms with Crippen molar-refractivity contribution in [1.29, 1.82) is 0 Å². The zero-order chi connectivity index (χ0) is 13.9. The van der Waals surface area contributed by atoms with E-state index in [1.807, 2.05) is 0 Å². The van der Waals surface area contributed by atoms with E-state index in [2.05, 4.69) is 5.32 Å². The standard InChI is InChI=1S/C13H17ClN2O2S/c14-10-6-5-9(18-10)11(17)16-13(12(15)19)7-3-1-2-4-8-13/h5-6H,1-4,7-8H2,(H2,15,19)(H,16,17). The maximum atomic E-state index is 12.2. The smallest absolute Gasteiger partial charge is 0.287 e. The van der Waals surface area contributed by atoms with Crippen LogP contribution in [0.5, 0.6) is 0 Å². The molecule has 0 saturated heterocycles. The summed E-state index contributed by atoms with van der Waals surface area (Å²) in [4.78, 5) is 12.5. The molecule has 1 aliphatic rings. The Morgan fingerprint density at radius 1 is 1.32 bits per heavy atom. The van der Waals surface area contributed by atoms with Crippen molar-refractivity contribution in [2.24, 2.45) is 5.73 Å². The molecule has 0 aliphatic heterocycles. The van der Waals surface area contributed by atoms with Crippen LogP contribution in [-0.2, 0) is 0 Å². The number of nitrogens with one attached hydrogen (secondary N) is 1. The van der Waals surface area contributed by atoms with E-state index < -0.39 is 5.54 Å². The van der Waals surface area contributed by atoms with Gasteiger partial charge in [-0.3, -0.25) is 4.79 Å². The number of furan rings is 1. The first-order valence-electron chi connectivity index (χ1n) is 6.41. The van der Waals surface area contributed by atoms with Crippen LogP contribution in [0.25, 0.3) is 0 Å². The molecule has 0 radical (unpaired) electrons. The third-order valence-corrected chi connectivity index (χ3v) is 4.17. The molecule has 1 saturated carbocycles. The van der Waals surface area contributed by atoms with Gasteiger partial charge in [0.25, 0.3) is 5.91 Å². The van der Waals surface area contributed by atoms with Crippen LogP contribution in [0.2, 0.25) is 5.22 Å². The molecule has 2 rings (SSSR count). The molecular weight excluding hydrogens is 284 g/mol. The predicted molar refractivity (Wildman–Crippen MR) is 78.4 cm³/mol. The lowest BCUT2D eigenvalue weighted by Gasteiger charge is -2.32. The largest absolute Gasteiger partial charge is 0.440 e. The molecule has 0 bridgehead atoms. The van der Waals surface area contributed by atoms with Gasteiger partial charge in [-0.25, -0.2) is 0 Å².